The van der Waals surface area contributed by atoms with Crippen LogP contribution in [0.15, 0.2) is 23.4 Å². The van der Waals surface area contributed by atoms with E-state index in [1.165, 1.54) is 5.69 Å². The zero-order valence-corrected chi connectivity index (χ0v) is 16.5. The van der Waals surface area contributed by atoms with Crippen LogP contribution in [0.25, 0.3) is 0 Å². The maximum atomic E-state index is 5.48. The van der Waals surface area contributed by atoms with Gasteiger partial charge >= 0.3 is 0 Å². The third-order valence-electron chi connectivity index (χ3n) is 4.31. The van der Waals surface area contributed by atoms with Crippen molar-refractivity contribution in [2.75, 3.05) is 56.8 Å². The van der Waals surface area contributed by atoms with E-state index in [0.29, 0.717) is 6.61 Å². The molecule has 0 atom stereocenters. The molecule has 1 fully saturated rings. The molecule has 1 aliphatic rings. The quantitative estimate of drug-likeness (QED) is 0.559. The Morgan fingerprint density at radius 3 is 2.77 bits per heavy atom. The summed E-state index contributed by atoms with van der Waals surface area (Å²) in [5.41, 5.74) is 2.23. The average molecular weight is 378 g/mol. The lowest BCUT2D eigenvalue weighted by molar-refractivity contribution is 0.122. The van der Waals surface area contributed by atoms with Gasteiger partial charge in [0.1, 0.15) is 16.7 Å². The van der Waals surface area contributed by atoms with Crippen LogP contribution in [0.1, 0.15) is 11.5 Å². The molecule has 0 unspecified atom stereocenters. The van der Waals surface area contributed by atoms with E-state index in [1.807, 2.05) is 18.5 Å². The number of morpholine rings is 1. The number of hydrogen-bond donors (Lipinski definition) is 1. The van der Waals surface area contributed by atoms with Gasteiger partial charge in [0.2, 0.25) is 0 Å². The van der Waals surface area contributed by atoms with Gasteiger partial charge in [0, 0.05) is 57.5 Å². The van der Waals surface area contributed by atoms with E-state index >= 15 is 0 Å². The third kappa shape index (κ3) is 5.12. The van der Waals surface area contributed by atoms with Gasteiger partial charge in [-0.05, 0) is 13.0 Å². The van der Waals surface area contributed by atoms with E-state index in [4.69, 9.17) is 14.5 Å². The van der Waals surface area contributed by atoms with E-state index in [2.05, 4.69) is 33.5 Å². The summed E-state index contributed by atoms with van der Waals surface area (Å²) in [6.07, 6.45) is 2.06. The smallest absolute Gasteiger partial charge is 0.128 e. The first-order valence-corrected chi connectivity index (χ1v) is 9.83. The zero-order valence-electron chi connectivity index (χ0n) is 15.7. The molecule has 2 aromatic rings. The third-order valence-corrected chi connectivity index (χ3v) is 5.24. The fourth-order valence-electron chi connectivity index (χ4n) is 2.77. The molecule has 1 saturated heterocycles. The molecule has 26 heavy (non-hydrogen) atoms. The number of aryl methyl sites for hydroxylation is 2. The Balaban J connectivity index is 1.74. The molecule has 0 spiro atoms. The second-order valence-corrected chi connectivity index (χ2v) is 7.24. The monoisotopic (exact) mass is 377 g/mol. The van der Waals surface area contributed by atoms with Crippen molar-refractivity contribution in [3.8, 4) is 0 Å². The van der Waals surface area contributed by atoms with Crippen LogP contribution in [-0.4, -0.2) is 61.1 Å². The van der Waals surface area contributed by atoms with E-state index < -0.39 is 0 Å². The van der Waals surface area contributed by atoms with Crippen LogP contribution in [0.5, 0.6) is 0 Å². The Morgan fingerprint density at radius 1 is 1.27 bits per heavy atom. The van der Waals surface area contributed by atoms with Gasteiger partial charge in [-0.2, -0.15) is 0 Å². The number of rotatable bonds is 8. The minimum absolute atomic E-state index is 0.654. The number of hydrogen-bond acceptors (Lipinski definition) is 7. The summed E-state index contributed by atoms with van der Waals surface area (Å²) in [6.45, 7) is 6.77. The normalized spacial score (nSPS) is 14.7. The van der Waals surface area contributed by atoms with Gasteiger partial charge < -0.3 is 24.3 Å². The Kier molecular flexibility index (Phi) is 6.76. The van der Waals surface area contributed by atoms with Crippen molar-refractivity contribution < 1.29 is 9.47 Å². The van der Waals surface area contributed by atoms with Gasteiger partial charge in [-0.15, -0.1) is 0 Å². The van der Waals surface area contributed by atoms with Crippen molar-refractivity contribution in [1.82, 2.24) is 14.5 Å². The first kappa shape index (κ1) is 19.0. The maximum absolute atomic E-state index is 5.48. The lowest BCUT2D eigenvalue weighted by Gasteiger charge is -2.29. The molecule has 2 aromatic heterocycles. The lowest BCUT2D eigenvalue weighted by atomic mass is 10.2. The number of aromatic nitrogens is 3. The maximum Gasteiger partial charge on any atom is 0.128 e. The number of ether oxygens (including phenoxy) is 2. The van der Waals surface area contributed by atoms with Crippen molar-refractivity contribution in [2.24, 2.45) is 7.05 Å². The van der Waals surface area contributed by atoms with Gasteiger partial charge in [0.05, 0.1) is 25.5 Å². The summed E-state index contributed by atoms with van der Waals surface area (Å²) in [5.74, 6) is 2.69. The van der Waals surface area contributed by atoms with Crippen LogP contribution >= 0.6 is 11.8 Å². The average Bonchev–Trinajstić information content (AvgIpc) is 2.99. The summed E-state index contributed by atoms with van der Waals surface area (Å²) in [6, 6.07) is 4.29. The zero-order chi connectivity index (χ0) is 18.4. The number of imidazole rings is 1. The van der Waals surface area contributed by atoms with E-state index in [9.17, 15) is 0 Å². The van der Waals surface area contributed by atoms with E-state index in [1.54, 1.807) is 18.9 Å². The summed E-state index contributed by atoms with van der Waals surface area (Å²) in [7, 11) is 3.72. The number of nitrogens with one attached hydrogen (secondary N) is 1. The molecule has 0 bridgehead atoms. The fourth-order valence-corrected chi connectivity index (χ4v) is 3.64. The Morgan fingerprint density at radius 2 is 2.08 bits per heavy atom. The highest BCUT2D eigenvalue weighted by Crippen LogP contribution is 2.26. The Bertz CT molecular complexity index is 696. The predicted molar refractivity (Wildman–Crippen MR) is 105 cm³/mol. The van der Waals surface area contributed by atoms with Crippen LogP contribution in [-0.2, 0) is 22.3 Å². The molecule has 0 aliphatic carbocycles. The molecule has 0 saturated carbocycles. The molecule has 0 radical (unpaired) electrons. The van der Waals surface area contributed by atoms with E-state index in [-0.39, 0.29) is 0 Å². The Hall–Kier alpha value is -1.77. The van der Waals surface area contributed by atoms with Crippen LogP contribution in [0, 0.1) is 6.92 Å². The summed E-state index contributed by atoms with van der Waals surface area (Å²) >= 11 is 1.71. The molecular formula is C18H27N5O2S. The molecule has 0 amide bonds. The highest BCUT2D eigenvalue weighted by molar-refractivity contribution is 7.98. The largest absolute Gasteiger partial charge is 0.383 e. The Labute approximate surface area is 159 Å². The number of pyridine rings is 1. The molecule has 3 heterocycles. The highest BCUT2D eigenvalue weighted by atomic mass is 32.2. The van der Waals surface area contributed by atoms with Crippen molar-refractivity contribution in [2.45, 2.75) is 17.7 Å². The molecular weight excluding hydrogens is 350 g/mol. The summed E-state index contributed by atoms with van der Waals surface area (Å²) in [5, 5.41) is 4.38. The molecule has 8 heteroatoms. The van der Waals surface area contributed by atoms with Crippen LogP contribution in [0.4, 0.5) is 11.5 Å². The molecule has 3 rings (SSSR count). The minimum Gasteiger partial charge on any atom is -0.383 e. The van der Waals surface area contributed by atoms with Crippen molar-refractivity contribution >= 4 is 23.3 Å². The first-order chi connectivity index (χ1) is 12.7. The molecule has 0 aromatic carbocycles. The van der Waals surface area contributed by atoms with Gasteiger partial charge in [0.25, 0.3) is 0 Å². The first-order valence-electron chi connectivity index (χ1n) is 8.85. The number of anilines is 2. The summed E-state index contributed by atoms with van der Waals surface area (Å²) < 4.78 is 12.6. The molecule has 1 aliphatic heterocycles. The van der Waals surface area contributed by atoms with Crippen molar-refractivity contribution in [3.63, 3.8) is 0 Å². The van der Waals surface area contributed by atoms with Crippen LogP contribution in [0.3, 0.4) is 0 Å². The van der Waals surface area contributed by atoms with E-state index in [0.717, 1.165) is 61.0 Å². The molecule has 7 nitrogen and oxygen atoms in total. The van der Waals surface area contributed by atoms with Crippen molar-refractivity contribution in [3.05, 3.63) is 29.8 Å². The molecule has 142 valence electrons. The highest BCUT2D eigenvalue weighted by Gasteiger charge is 2.14. The second-order valence-electron chi connectivity index (χ2n) is 6.25. The summed E-state index contributed by atoms with van der Waals surface area (Å²) in [4.78, 5) is 11.7. The van der Waals surface area contributed by atoms with Gasteiger partial charge in [-0.1, -0.05) is 11.8 Å². The molecule has 1 N–H and O–H groups in total. The lowest BCUT2D eigenvalue weighted by Crippen LogP contribution is -2.36. The number of methoxy groups -OCH3 is 1. The predicted octanol–water partition coefficient (Wildman–Crippen LogP) is 2.31. The standard InChI is InChI=1S/C18H27N5O2S/c1-14-20-18(12-22(14)2)26-13-15-10-16(23-5-8-25-9-6-23)11-17(21-15)19-4-7-24-3/h10-12H,4-9,13H2,1-3H3,(H,19,21). The number of thioether (sulfide) groups is 1. The van der Waals surface area contributed by atoms with Crippen LogP contribution < -0.4 is 10.2 Å². The second kappa shape index (κ2) is 9.25. The number of nitrogens with zero attached hydrogens (tertiary/aromatic N) is 4. The SMILES string of the molecule is COCCNc1cc(N2CCOCC2)cc(CSc2cn(C)c(C)n2)n1. The van der Waals surface area contributed by atoms with Gasteiger partial charge in [-0.25, -0.2) is 9.97 Å². The van der Waals surface area contributed by atoms with Crippen molar-refractivity contribution in [1.29, 1.82) is 0 Å². The van der Waals surface area contributed by atoms with Gasteiger partial charge in [0.15, 0.2) is 0 Å². The van der Waals surface area contributed by atoms with Crippen LogP contribution in [0.2, 0.25) is 0 Å². The van der Waals surface area contributed by atoms with Gasteiger partial charge in [-0.3, -0.25) is 0 Å². The fraction of sp³-hybridized carbons (Fsp3) is 0.556. The minimum atomic E-state index is 0.654. The topological polar surface area (TPSA) is 64.4 Å².